The van der Waals surface area contributed by atoms with Crippen molar-refractivity contribution in [2.45, 2.75) is 83.8 Å². The molecule has 4 aromatic heterocycles. The van der Waals surface area contributed by atoms with E-state index >= 15 is 0 Å². The summed E-state index contributed by atoms with van der Waals surface area (Å²) in [5.74, 6) is 2.22. The molecule has 2 aliphatic rings. The van der Waals surface area contributed by atoms with Crippen molar-refractivity contribution in [2.24, 2.45) is 17.8 Å². The average Bonchev–Trinajstić information content (AvgIpc) is 3.74. The van der Waals surface area contributed by atoms with Crippen molar-refractivity contribution in [2.75, 3.05) is 7.11 Å². The smallest absolute Gasteiger partial charge is 0.370 e. The van der Waals surface area contributed by atoms with Gasteiger partial charge in [-0.05, 0) is 56.4 Å². The van der Waals surface area contributed by atoms with Crippen LogP contribution in [0.25, 0.3) is 34.1 Å². The molecule has 0 aromatic carbocycles. The molecule has 0 saturated heterocycles. The van der Waals surface area contributed by atoms with Crippen LogP contribution in [0.4, 0.5) is 0 Å². The summed E-state index contributed by atoms with van der Waals surface area (Å²) in [6.07, 6.45) is 14.0. The van der Waals surface area contributed by atoms with Gasteiger partial charge in [-0.15, -0.1) is 0 Å². The summed E-state index contributed by atoms with van der Waals surface area (Å²) in [6.45, 7) is 5.26. The minimum absolute atomic E-state index is 0.141. The van der Waals surface area contributed by atoms with Crippen LogP contribution in [0.15, 0.2) is 27.8 Å². The Morgan fingerprint density at radius 2 is 1.85 bits per heavy atom. The Kier molecular flexibility index (Phi) is 7.48. The third-order valence-electron chi connectivity index (χ3n) is 9.22. The van der Waals surface area contributed by atoms with E-state index in [2.05, 4.69) is 33.5 Å². The van der Waals surface area contributed by atoms with Crippen LogP contribution in [-0.2, 0) is 16.9 Å². The minimum atomic E-state index is -0.674. The zero-order valence-electron chi connectivity index (χ0n) is 23.3. The first-order valence-corrected chi connectivity index (χ1v) is 14.8. The molecular weight excluding hydrogens is 530 g/mol. The lowest BCUT2D eigenvalue weighted by Gasteiger charge is -2.35. The third kappa shape index (κ3) is 4.96. The summed E-state index contributed by atoms with van der Waals surface area (Å²) in [5.41, 5.74) is 2.10. The molecule has 0 amide bonds. The molecule has 212 valence electrons. The molecule has 1 atom stereocenters. The molecule has 4 aromatic rings. The quantitative estimate of drug-likeness (QED) is 0.269. The first-order valence-electron chi connectivity index (χ1n) is 14.4. The van der Waals surface area contributed by atoms with Gasteiger partial charge in [0.1, 0.15) is 22.6 Å². The molecule has 1 N–H and O–H groups in total. The van der Waals surface area contributed by atoms with Crippen LogP contribution in [0.2, 0.25) is 5.02 Å². The van der Waals surface area contributed by atoms with Gasteiger partial charge in [0.2, 0.25) is 11.6 Å². The number of H-pyrrole nitrogens is 1. The lowest BCUT2D eigenvalue weighted by atomic mass is 9.80. The highest BCUT2D eigenvalue weighted by Crippen LogP contribution is 2.45. The van der Waals surface area contributed by atoms with Gasteiger partial charge < -0.3 is 9.30 Å². The molecule has 4 heterocycles. The van der Waals surface area contributed by atoms with Crippen LogP contribution in [-0.4, -0.2) is 41.8 Å². The van der Waals surface area contributed by atoms with E-state index in [0.717, 1.165) is 42.2 Å². The molecule has 2 saturated carbocycles. The Hall–Kier alpha value is -3.11. The number of pyridine rings is 1. The highest BCUT2D eigenvalue weighted by Gasteiger charge is 2.43. The zero-order valence-corrected chi connectivity index (χ0v) is 24.1. The Bertz CT molecular complexity index is 1550. The number of nitrogens with one attached hydrogen (secondary N) is 1. The molecule has 2 fully saturated rings. The Labute approximate surface area is 237 Å². The van der Waals surface area contributed by atoms with Crippen molar-refractivity contribution in [3.05, 3.63) is 39.9 Å². The van der Waals surface area contributed by atoms with Gasteiger partial charge in [0.05, 0.1) is 5.02 Å². The number of methoxy groups -OCH3 is 1. The lowest BCUT2D eigenvalue weighted by molar-refractivity contribution is -0.0567. The molecule has 2 aliphatic carbocycles. The van der Waals surface area contributed by atoms with Gasteiger partial charge in [0, 0.05) is 31.6 Å². The van der Waals surface area contributed by atoms with Crippen LogP contribution in [0.3, 0.4) is 0 Å². The highest BCUT2D eigenvalue weighted by molar-refractivity contribution is 6.30. The van der Waals surface area contributed by atoms with Crippen molar-refractivity contribution >= 4 is 22.8 Å². The standard InChI is InChI=1S/C29H36ClN7O3/c1-4-17-9-11-18(12-10-17)16-37-23-22(19-13-21(30)15-31-14-19)32-25(26-35-28(38)40-36-26)33-24(23)34-27(37)29(2,39-3)20-7-5-6-8-20/h13-15,17-18,20H,4-12,16H2,1-3H3,(H,35,36,38). The van der Waals surface area contributed by atoms with Gasteiger partial charge in [-0.2, -0.15) is 0 Å². The fraction of sp³-hybridized carbons (Fsp3) is 0.586. The van der Waals surface area contributed by atoms with Gasteiger partial charge >= 0.3 is 5.76 Å². The monoisotopic (exact) mass is 565 g/mol. The maximum absolute atomic E-state index is 11.8. The fourth-order valence-corrected chi connectivity index (χ4v) is 6.94. The largest absolute Gasteiger partial charge is 0.439 e. The molecule has 10 nitrogen and oxygen atoms in total. The number of imidazole rings is 1. The van der Waals surface area contributed by atoms with Crippen molar-refractivity contribution < 1.29 is 9.26 Å². The first kappa shape index (κ1) is 27.1. The van der Waals surface area contributed by atoms with Gasteiger partial charge in [0.25, 0.3) is 0 Å². The minimum Gasteiger partial charge on any atom is -0.370 e. The second-order valence-corrected chi connectivity index (χ2v) is 12.0. The summed E-state index contributed by atoms with van der Waals surface area (Å²) in [6, 6.07) is 1.83. The first-order chi connectivity index (χ1) is 19.4. The molecule has 0 aliphatic heterocycles. The van der Waals surface area contributed by atoms with Gasteiger partial charge in [0.15, 0.2) is 5.65 Å². The second kappa shape index (κ2) is 11.0. The number of ether oxygens (including phenoxy) is 1. The van der Waals surface area contributed by atoms with Crippen molar-refractivity contribution in [1.29, 1.82) is 0 Å². The molecule has 0 radical (unpaired) electrons. The number of hydrogen-bond donors (Lipinski definition) is 1. The van der Waals surface area contributed by atoms with E-state index < -0.39 is 11.4 Å². The summed E-state index contributed by atoms with van der Waals surface area (Å²) in [5, 5.41) is 4.34. The summed E-state index contributed by atoms with van der Waals surface area (Å²) in [4.78, 5) is 33.5. The van der Waals surface area contributed by atoms with E-state index in [-0.39, 0.29) is 11.6 Å². The molecular formula is C29H36ClN7O3. The molecule has 6 rings (SSSR count). The van der Waals surface area contributed by atoms with Crippen LogP contribution < -0.4 is 5.76 Å². The molecule has 1 unspecified atom stereocenters. The maximum Gasteiger partial charge on any atom is 0.439 e. The van der Waals surface area contributed by atoms with Crippen LogP contribution in [0.5, 0.6) is 0 Å². The van der Waals surface area contributed by atoms with Gasteiger partial charge in [-0.3, -0.25) is 14.5 Å². The van der Waals surface area contributed by atoms with E-state index in [1.807, 2.05) is 6.07 Å². The number of nitrogens with zero attached hydrogens (tertiary/aromatic N) is 6. The lowest BCUT2D eigenvalue weighted by Crippen LogP contribution is -2.36. The Morgan fingerprint density at radius 1 is 1.10 bits per heavy atom. The molecule has 40 heavy (non-hydrogen) atoms. The van der Waals surface area contributed by atoms with Crippen molar-refractivity contribution in [3.63, 3.8) is 0 Å². The van der Waals surface area contributed by atoms with Gasteiger partial charge in [-0.1, -0.05) is 55.8 Å². The number of fused-ring (bicyclic) bond motifs is 1. The van der Waals surface area contributed by atoms with E-state index in [9.17, 15) is 4.79 Å². The van der Waals surface area contributed by atoms with E-state index in [1.165, 1.54) is 44.9 Å². The number of rotatable bonds is 8. The zero-order chi connectivity index (χ0) is 27.9. The van der Waals surface area contributed by atoms with E-state index in [4.69, 9.17) is 35.8 Å². The SMILES string of the molecule is CCC1CCC(Cn2c(C(C)(OC)C3CCCC3)nc3nc(-c4noc(=O)[nH]4)nc(-c4cncc(Cl)c4)c32)CC1. The molecule has 11 heteroatoms. The number of hydrogen-bond acceptors (Lipinski definition) is 8. The average molecular weight is 566 g/mol. The number of halogens is 1. The predicted octanol–water partition coefficient (Wildman–Crippen LogP) is 6.15. The molecule has 0 bridgehead atoms. The highest BCUT2D eigenvalue weighted by atomic mass is 35.5. The van der Waals surface area contributed by atoms with E-state index in [0.29, 0.717) is 28.2 Å². The molecule has 0 spiro atoms. The number of aromatic amines is 1. The summed E-state index contributed by atoms with van der Waals surface area (Å²) >= 11 is 6.39. The van der Waals surface area contributed by atoms with Gasteiger partial charge in [-0.25, -0.2) is 19.7 Å². The Morgan fingerprint density at radius 3 is 2.50 bits per heavy atom. The van der Waals surface area contributed by atoms with Crippen molar-refractivity contribution in [3.8, 4) is 22.9 Å². The number of aromatic nitrogens is 7. The normalized spacial score (nSPS) is 21.7. The van der Waals surface area contributed by atoms with Crippen LogP contribution in [0.1, 0.15) is 77.5 Å². The summed E-state index contributed by atoms with van der Waals surface area (Å²) < 4.78 is 13.4. The van der Waals surface area contributed by atoms with Crippen LogP contribution in [0, 0.1) is 17.8 Å². The van der Waals surface area contributed by atoms with E-state index in [1.54, 1.807) is 19.5 Å². The Balaban J connectivity index is 1.58. The fourth-order valence-electron chi connectivity index (χ4n) is 6.77. The van der Waals surface area contributed by atoms with Crippen LogP contribution >= 0.6 is 11.6 Å². The maximum atomic E-state index is 11.8. The summed E-state index contributed by atoms with van der Waals surface area (Å²) in [7, 11) is 1.79. The third-order valence-corrected chi connectivity index (χ3v) is 9.43. The predicted molar refractivity (Wildman–Crippen MR) is 152 cm³/mol. The second-order valence-electron chi connectivity index (χ2n) is 11.5. The van der Waals surface area contributed by atoms with Crippen molar-refractivity contribution in [1.82, 2.24) is 34.6 Å². The topological polar surface area (TPSA) is 125 Å².